The maximum atomic E-state index is 6.05. The minimum absolute atomic E-state index is 0.167. The van der Waals surface area contributed by atoms with E-state index in [2.05, 4.69) is 33.2 Å². The molecular weight excluding hydrogens is 272 g/mol. The van der Waals surface area contributed by atoms with Gasteiger partial charge in [-0.05, 0) is 31.5 Å². The molecule has 0 spiro atoms. The van der Waals surface area contributed by atoms with E-state index in [1.165, 1.54) is 0 Å². The largest absolute Gasteiger partial charge is 0.369 e. The molecule has 5 heteroatoms. The molecule has 1 N–H and O–H groups in total. The standard InChI is InChI=1S/C15H19ClN4/c1-4-18-14-9-17-10-15(19-14)20(3)11(2)12-6-5-7-13(16)8-12/h5-11H,4H2,1-3H3,(H,18,19). The monoisotopic (exact) mass is 290 g/mol. The number of nitrogens with zero attached hydrogens (tertiary/aromatic N) is 3. The summed E-state index contributed by atoms with van der Waals surface area (Å²) in [6, 6.07) is 8.05. The van der Waals surface area contributed by atoms with Crippen molar-refractivity contribution in [2.45, 2.75) is 19.9 Å². The molecule has 1 aromatic heterocycles. The molecule has 20 heavy (non-hydrogen) atoms. The zero-order valence-corrected chi connectivity index (χ0v) is 12.7. The van der Waals surface area contributed by atoms with E-state index in [1.807, 2.05) is 32.2 Å². The average molecular weight is 291 g/mol. The molecule has 2 aromatic rings. The van der Waals surface area contributed by atoms with Crippen LogP contribution in [0.2, 0.25) is 5.02 Å². The fourth-order valence-electron chi connectivity index (χ4n) is 1.98. The highest BCUT2D eigenvalue weighted by atomic mass is 35.5. The Hall–Kier alpha value is -1.81. The molecule has 0 aliphatic heterocycles. The van der Waals surface area contributed by atoms with E-state index in [1.54, 1.807) is 12.4 Å². The number of anilines is 2. The van der Waals surface area contributed by atoms with Crippen molar-refractivity contribution < 1.29 is 0 Å². The highest BCUT2D eigenvalue weighted by Crippen LogP contribution is 2.25. The first-order valence-electron chi connectivity index (χ1n) is 6.66. The highest BCUT2D eigenvalue weighted by Gasteiger charge is 2.14. The molecule has 1 atom stereocenters. The molecule has 4 nitrogen and oxygen atoms in total. The minimum atomic E-state index is 0.167. The topological polar surface area (TPSA) is 41.1 Å². The van der Waals surface area contributed by atoms with Gasteiger partial charge in [-0.25, -0.2) is 4.98 Å². The molecule has 106 valence electrons. The van der Waals surface area contributed by atoms with Gasteiger partial charge in [-0.1, -0.05) is 23.7 Å². The van der Waals surface area contributed by atoms with Gasteiger partial charge in [0.2, 0.25) is 0 Å². The maximum Gasteiger partial charge on any atom is 0.149 e. The fraction of sp³-hybridized carbons (Fsp3) is 0.333. The van der Waals surface area contributed by atoms with Gasteiger partial charge in [0.1, 0.15) is 11.6 Å². The van der Waals surface area contributed by atoms with Crippen LogP contribution in [0.25, 0.3) is 0 Å². The molecule has 0 saturated carbocycles. The first-order valence-corrected chi connectivity index (χ1v) is 7.03. The van der Waals surface area contributed by atoms with E-state index in [-0.39, 0.29) is 6.04 Å². The van der Waals surface area contributed by atoms with E-state index in [4.69, 9.17) is 11.6 Å². The second-order valence-electron chi connectivity index (χ2n) is 4.63. The molecule has 0 aliphatic carbocycles. The van der Waals surface area contributed by atoms with E-state index >= 15 is 0 Å². The van der Waals surface area contributed by atoms with E-state index < -0.39 is 0 Å². The summed E-state index contributed by atoms with van der Waals surface area (Å²) in [5.74, 6) is 1.62. The molecule has 1 heterocycles. The Labute approximate surface area is 124 Å². The molecule has 0 aliphatic rings. The third-order valence-corrected chi connectivity index (χ3v) is 3.49. The number of hydrogen-bond acceptors (Lipinski definition) is 4. The van der Waals surface area contributed by atoms with Crippen molar-refractivity contribution in [3.8, 4) is 0 Å². The van der Waals surface area contributed by atoms with Crippen molar-refractivity contribution in [2.75, 3.05) is 23.8 Å². The average Bonchev–Trinajstić information content (AvgIpc) is 2.46. The predicted octanol–water partition coefficient (Wildman–Crippen LogP) is 3.76. The Morgan fingerprint density at radius 1 is 1.35 bits per heavy atom. The van der Waals surface area contributed by atoms with Crippen LogP contribution < -0.4 is 10.2 Å². The zero-order chi connectivity index (χ0) is 14.5. The maximum absolute atomic E-state index is 6.05. The van der Waals surface area contributed by atoms with Gasteiger partial charge in [0.05, 0.1) is 18.4 Å². The minimum Gasteiger partial charge on any atom is -0.369 e. The van der Waals surface area contributed by atoms with Crippen molar-refractivity contribution in [3.05, 3.63) is 47.2 Å². The first kappa shape index (κ1) is 14.6. The Morgan fingerprint density at radius 3 is 2.85 bits per heavy atom. The van der Waals surface area contributed by atoms with Gasteiger partial charge >= 0.3 is 0 Å². The summed E-state index contributed by atoms with van der Waals surface area (Å²) in [5.41, 5.74) is 1.15. The molecule has 0 amide bonds. The van der Waals surface area contributed by atoms with Gasteiger partial charge < -0.3 is 10.2 Å². The first-order chi connectivity index (χ1) is 9.61. The van der Waals surface area contributed by atoms with Crippen LogP contribution in [0, 0.1) is 0 Å². The lowest BCUT2D eigenvalue weighted by atomic mass is 10.1. The molecular formula is C15H19ClN4. The van der Waals surface area contributed by atoms with Crippen LogP contribution in [0.15, 0.2) is 36.7 Å². The molecule has 0 radical (unpaired) electrons. The molecule has 0 bridgehead atoms. The molecule has 0 saturated heterocycles. The Kier molecular flexibility index (Phi) is 4.79. The number of halogens is 1. The van der Waals surface area contributed by atoms with E-state index in [0.717, 1.165) is 28.8 Å². The lowest BCUT2D eigenvalue weighted by Crippen LogP contribution is -2.23. The summed E-state index contributed by atoms with van der Waals surface area (Å²) in [6.07, 6.45) is 3.49. The van der Waals surface area contributed by atoms with Crippen LogP contribution >= 0.6 is 11.6 Å². The summed E-state index contributed by atoms with van der Waals surface area (Å²) in [7, 11) is 2.01. The number of aromatic nitrogens is 2. The normalized spacial score (nSPS) is 12.0. The smallest absolute Gasteiger partial charge is 0.149 e. The number of rotatable bonds is 5. The van der Waals surface area contributed by atoms with E-state index in [9.17, 15) is 0 Å². The Morgan fingerprint density at radius 2 is 2.15 bits per heavy atom. The SMILES string of the molecule is CCNc1cncc(N(C)C(C)c2cccc(Cl)c2)n1. The second-order valence-corrected chi connectivity index (χ2v) is 5.07. The van der Waals surface area contributed by atoms with Crippen LogP contribution in [0.5, 0.6) is 0 Å². The quantitative estimate of drug-likeness (QED) is 0.910. The van der Waals surface area contributed by atoms with Gasteiger partial charge in [0.15, 0.2) is 0 Å². The van der Waals surface area contributed by atoms with Crippen molar-refractivity contribution >= 4 is 23.2 Å². The van der Waals surface area contributed by atoms with Crippen molar-refractivity contribution in [2.24, 2.45) is 0 Å². The highest BCUT2D eigenvalue weighted by molar-refractivity contribution is 6.30. The van der Waals surface area contributed by atoms with Crippen LogP contribution in [0.1, 0.15) is 25.5 Å². The molecule has 1 aromatic carbocycles. The summed E-state index contributed by atoms with van der Waals surface area (Å²) in [6.45, 7) is 4.98. The van der Waals surface area contributed by atoms with Crippen molar-refractivity contribution in [1.82, 2.24) is 9.97 Å². The lowest BCUT2D eigenvalue weighted by Gasteiger charge is -2.26. The van der Waals surface area contributed by atoms with Gasteiger partial charge in [0, 0.05) is 18.6 Å². The van der Waals surface area contributed by atoms with Gasteiger partial charge in [0.25, 0.3) is 0 Å². The number of benzene rings is 1. The van der Waals surface area contributed by atoms with Gasteiger partial charge in [-0.2, -0.15) is 0 Å². The second kappa shape index (κ2) is 6.57. The lowest BCUT2D eigenvalue weighted by molar-refractivity contribution is 0.726. The number of hydrogen-bond donors (Lipinski definition) is 1. The van der Waals surface area contributed by atoms with Crippen LogP contribution in [-0.2, 0) is 0 Å². The Bertz CT molecular complexity index is 573. The summed E-state index contributed by atoms with van der Waals surface area (Å²) in [4.78, 5) is 10.9. The predicted molar refractivity (Wildman–Crippen MR) is 84.5 cm³/mol. The van der Waals surface area contributed by atoms with Gasteiger partial charge in [-0.15, -0.1) is 0 Å². The fourth-order valence-corrected chi connectivity index (χ4v) is 2.18. The van der Waals surface area contributed by atoms with Crippen LogP contribution in [0.3, 0.4) is 0 Å². The van der Waals surface area contributed by atoms with Crippen molar-refractivity contribution in [1.29, 1.82) is 0 Å². The third kappa shape index (κ3) is 3.39. The van der Waals surface area contributed by atoms with Crippen LogP contribution in [-0.4, -0.2) is 23.6 Å². The zero-order valence-electron chi connectivity index (χ0n) is 12.0. The van der Waals surface area contributed by atoms with Gasteiger partial charge in [-0.3, -0.25) is 4.98 Å². The summed E-state index contributed by atoms with van der Waals surface area (Å²) >= 11 is 6.05. The van der Waals surface area contributed by atoms with E-state index in [0.29, 0.717) is 0 Å². The molecule has 0 fully saturated rings. The Balaban J connectivity index is 2.21. The molecule has 2 rings (SSSR count). The van der Waals surface area contributed by atoms with Crippen LogP contribution in [0.4, 0.5) is 11.6 Å². The third-order valence-electron chi connectivity index (χ3n) is 3.25. The molecule has 1 unspecified atom stereocenters. The summed E-state index contributed by atoms with van der Waals surface area (Å²) < 4.78 is 0. The summed E-state index contributed by atoms with van der Waals surface area (Å²) in [5, 5.41) is 3.91. The van der Waals surface area contributed by atoms with Crippen molar-refractivity contribution in [3.63, 3.8) is 0 Å². The number of nitrogens with one attached hydrogen (secondary N) is 1.